The Morgan fingerprint density at radius 1 is 0.530 bits per heavy atom. The maximum atomic E-state index is 12.8. The number of phosphoric acid groups is 1. The van der Waals surface area contributed by atoms with E-state index in [-0.39, 0.29) is 31.5 Å². The van der Waals surface area contributed by atoms with Gasteiger partial charge in [0, 0.05) is 19.3 Å². The molecule has 1 saturated carbocycles. The van der Waals surface area contributed by atoms with Crippen molar-refractivity contribution >= 4 is 25.5 Å². The van der Waals surface area contributed by atoms with Crippen molar-refractivity contribution in [2.24, 2.45) is 0 Å². The van der Waals surface area contributed by atoms with Gasteiger partial charge in [-0.3, -0.25) is 23.4 Å². The Labute approximate surface area is 393 Å². The molecule has 0 aromatic heterocycles. The van der Waals surface area contributed by atoms with Gasteiger partial charge in [-0.25, -0.2) is 4.57 Å². The molecule has 0 aromatic rings. The van der Waals surface area contributed by atoms with Gasteiger partial charge in [0.2, 0.25) is 0 Å². The van der Waals surface area contributed by atoms with Gasteiger partial charge in [0.05, 0.1) is 6.61 Å². The van der Waals surface area contributed by atoms with Gasteiger partial charge in [-0.15, -0.1) is 0 Å². The van der Waals surface area contributed by atoms with Gasteiger partial charge in [0.1, 0.15) is 43.2 Å². The average Bonchev–Trinajstić information content (AvgIpc) is 3.29. The smallest absolute Gasteiger partial charge is 0.462 e. The Hall–Kier alpha value is -3.82. The second-order valence-electron chi connectivity index (χ2n) is 15.9. The maximum Gasteiger partial charge on any atom is 0.472 e. The van der Waals surface area contributed by atoms with Gasteiger partial charge in [-0.2, -0.15) is 0 Å². The number of unbranched alkanes of at least 4 members (excludes halogenated alkanes) is 6. The van der Waals surface area contributed by atoms with Gasteiger partial charge in [-0.05, 0) is 89.5 Å². The summed E-state index contributed by atoms with van der Waals surface area (Å²) in [5, 5.41) is 50.2. The molecule has 0 radical (unpaired) electrons. The van der Waals surface area contributed by atoms with Crippen molar-refractivity contribution in [1.82, 2.24) is 0 Å². The highest BCUT2D eigenvalue weighted by Crippen LogP contribution is 2.47. The van der Waals surface area contributed by atoms with Crippen LogP contribution in [0.1, 0.15) is 136 Å². The number of rotatable bonds is 37. The van der Waals surface area contributed by atoms with Crippen molar-refractivity contribution in [1.29, 1.82) is 0 Å². The second kappa shape index (κ2) is 39.2. The lowest BCUT2D eigenvalue weighted by atomic mass is 9.85. The molecule has 372 valence electrons. The first-order valence-electron chi connectivity index (χ1n) is 23.6. The number of phosphoric ester groups is 1. The Morgan fingerprint density at radius 2 is 1.02 bits per heavy atom. The van der Waals surface area contributed by atoms with E-state index in [4.69, 9.17) is 18.5 Å². The van der Waals surface area contributed by atoms with E-state index in [2.05, 4.69) is 92.8 Å². The number of ketones is 1. The Balaban J connectivity index is 2.57. The van der Waals surface area contributed by atoms with Crippen molar-refractivity contribution in [2.45, 2.75) is 179 Å². The average molecular weight is 947 g/mol. The number of esters is 2. The summed E-state index contributed by atoms with van der Waals surface area (Å²) in [6, 6.07) is 0. The summed E-state index contributed by atoms with van der Waals surface area (Å²) in [4.78, 5) is 48.1. The highest BCUT2D eigenvalue weighted by atomic mass is 31.2. The van der Waals surface area contributed by atoms with Crippen LogP contribution in [-0.2, 0) is 37.5 Å². The summed E-state index contributed by atoms with van der Waals surface area (Å²) in [7, 11) is -5.20. The standard InChI is InChI=1S/C51H79O14P/c1-3-5-7-9-11-13-15-17-18-19-20-21-22-24-26-28-30-32-34-38-44(53)62-40-43(41-63-66(60,61)65-51-49(58)47(56)46(55)48(57)50(51)59)64-45(54)39-35-37-42(52)36-33-31-29-27-25-23-16-14-12-10-8-6-4-2/h5,7,11-14,17-18,20-21,23-26,29,31,33,36,43,46-51,55-59H,3-4,6,8-10,15-16,19,22,27-28,30,32,34-35,37-41H2,1-2H3,(H,60,61)/b7-5-,13-11-,14-12-,18-17-,21-20-,25-23-,26-24-,31-29-,36-33+/t43-,46?,47-,48+,49-,50-,51?/m1/s1. The van der Waals surface area contributed by atoms with Crippen molar-refractivity contribution in [3.63, 3.8) is 0 Å². The molecule has 0 aromatic carbocycles. The molecular weight excluding hydrogens is 868 g/mol. The summed E-state index contributed by atoms with van der Waals surface area (Å²) >= 11 is 0. The number of aliphatic hydroxyl groups excluding tert-OH is 5. The Morgan fingerprint density at radius 3 is 1.56 bits per heavy atom. The minimum absolute atomic E-state index is 0.0410. The van der Waals surface area contributed by atoms with Crippen LogP contribution in [0.25, 0.3) is 0 Å². The molecule has 0 saturated heterocycles. The fourth-order valence-electron chi connectivity index (χ4n) is 6.27. The summed E-state index contributed by atoms with van der Waals surface area (Å²) in [5.41, 5.74) is 0. The molecule has 3 unspecified atom stereocenters. The SMILES string of the molecule is CC/C=C\C/C=C\C/C=C\C/C=C\C/C=C\CCCCCC(=O)OC[C@H](COP(=O)(O)OC1[C@H](O)[C@H](O)C(O)[C@H](O)[C@H]1O)OC(=O)CCCC(=O)/C=C/C=C\C/C=C\C/C=C\CCCCC. The summed E-state index contributed by atoms with van der Waals surface area (Å²) in [5.74, 6) is -1.62. The molecule has 14 nitrogen and oxygen atoms in total. The van der Waals surface area contributed by atoms with Gasteiger partial charge < -0.3 is 39.9 Å². The number of hydrogen-bond acceptors (Lipinski definition) is 13. The van der Waals surface area contributed by atoms with Gasteiger partial charge in [0.15, 0.2) is 11.9 Å². The van der Waals surface area contributed by atoms with E-state index in [0.29, 0.717) is 6.42 Å². The first-order chi connectivity index (χ1) is 31.8. The predicted octanol–water partition coefficient (Wildman–Crippen LogP) is 8.79. The lowest BCUT2D eigenvalue weighted by Crippen LogP contribution is -2.64. The van der Waals surface area contributed by atoms with Gasteiger partial charge in [-0.1, -0.05) is 136 Å². The quantitative estimate of drug-likeness (QED) is 0.00855. The van der Waals surface area contributed by atoms with E-state index >= 15 is 0 Å². The first-order valence-corrected chi connectivity index (χ1v) is 25.1. The first kappa shape index (κ1) is 60.2. The summed E-state index contributed by atoms with van der Waals surface area (Å²) in [6.45, 7) is 2.91. The molecule has 1 rings (SSSR count). The third-order valence-corrected chi connectivity index (χ3v) is 11.1. The number of hydrogen-bond donors (Lipinski definition) is 6. The lowest BCUT2D eigenvalue weighted by Gasteiger charge is -2.41. The molecule has 0 amide bonds. The zero-order valence-electron chi connectivity index (χ0n) is 39.2. The molecule has 15 heteroatoms. The summed E-state index contributed by atoms with van der Waals surface area (Å²) < 4.78 is 33.3. The van der Waals surface area contributed by atoms with Crippen LogP contribution in [0.2, 0.25) is 0 Å². The topological polar surface area (TPSA) is 227 Å². The van der Waals surface area contributed by atoms with Crippen LogP contribution in [0.5, 0.6) is 0 Å². The van der Waals surface area contributed by atoms with E-state index in [9.17, 15) is 49.4 Å². The monoisotopic (exact) mass is 947 g/mol. The molecule has 1 aliphatic rings. The molecule has 8 atom stereocenters. The molecule has 1 fully saturated rings. The van der Waals surface area contributed by atoms with E-state index in [1.807, 2.05) is 12.2 Å². The van der Waals surface area contributed by atoms with E-state index in [1.54, 1.807) is 12.2 Å². The van der Waals surface area contributed by atoms with Crippen LogP contribution < -0.4 is 0 Å². The fourth-order valence-corrected chi connectivity index (χ4v) is 7.24. The Bertz CT molecular complexity index is 1630. The van der Waals surface area contributed by atoms with Crippen molar-refractivity contribution in [2.75, 3.05) is 13.2 Å². The zero-order chi connectivity index (χ0) is 48.7. The maximum absolute atomic E-state index is 12.8. The van der Waals surface area contributed by atoms with Gasteiger partial charge >= 0.3 is 19.8 Å². The molecule has 0 heterocycles. The van der Waals surface area contributed by atoms with E-state index < -0.39 is 75.7 Å². The van der Waals surface area contributed by atoms with Crippen LogP contribution in [0, 0.1) is 0 Å². The fraction of sp³-hybridized carbons (Fsp3) is 0.588. The third-order valence-electron chi connectivity index (χ3n) is 10.1. The van der Waals surface area contributed by atoms with Crippen LogP contribution in [-0.4, -0.2) is 104 Å². The van der Waals surface area contributed by atoms with E-state index in [0.717, 1.165) is 70.6 Å². The predicted molar refractivity (Wildman–Crippen MR) is 258 cm³/mol. The lowest BCUT2D eigenvalue weighted by molar-refractivity contribution is -0.220. The number of aliphatic hydroxyl groups is 5. The number of allylic oxidation sites excluding steroid dienone is 18. The van der Waals surface area contributed by atoms with Crippen molar-refractivity contribution < 1.29 is 67.9 Å². The highest BCUT2D eigenvalue weighted by molar-refractivity contribution is 7.47. The van der Waals surface area contributed by atoms with Gasteiger partial charge in [0.25, 0.3) is 0 Å². The third kappa shape index (κ3) is 31.2. The molecule has 0 bridgehead atoms. The normalized spacial score (nSPS) is 22.2. The minimum Gasteiger partial charge on any atom is -0.462 e. The number of carbonyl (C=O) groups excluding carboxylic acids is 3. The van der Waals surface area contributed by atoms with Crippen molar-refractivity contribution in [3.05, 3.63) is 109 Å². The molecule has 6 N–H and O–H groups in total. The molecular formula is C51H79O14P. The molecule has 0 spiro atoms. The highest BCUT2D eigenvalue weighted by Gasteiger charge is 2.51. The molecule has 0 aliphatic heterocycles. The summed E-state index contributed by atoms with van der Waals surface area (Å²) in [6.07, 6.45) is 37.0. The Kier molecular flexibility index (Phi) is 35.8. The van der Waals surface area contributed by atoms with Crippen LogP contribution in [0.4, 0.5) is 0 Å². The van der Waals surface area contributed by atoms with Crippen LogP contribution >= 0.6 is 7.82 Å². The van der Waals surface area contributed by atoms with Crippen LogP contribution in [0.15, 0.2) is 109 Å². The molecule has 66 heavy (non-hydrogen) atoms. The second-order valence-corrected chi connectivity index (χ2v) is 17.3. The van der Waals surface area contributed by atoms with E-state index in [1.165, 1.54) is 25.3 Å². The minimum atomic E-state index is -5.20. The van der Waals surface area contributed by atoms with Crippen molar-refractivity contribution in [3.8, 4) is 0 Å². The largest absolute Gasteiger partial charge is 0.472 e. The zero-order valence-corrected chi connectivity index (χ0v) is 40.1. The number of carbonyl (C=O) groups is 3. The number of ether oxygens (including phenoxy) is 2. The molecule has 1 aliphatic carbocycles. The van der Waals surface area contributed by atoms with Crippen LogP contribution in [0.3, 0.4) is 0 Å².